The van der Waals surface area contributed by atoms with Crippen molar-refractivity contribution in [1.29, 1.82) is 0 Å². The van der Waals surface area contributed by atoms with E-state index in [-0.39, 0.29) is 0 Å². The first-order valence-electron chi connectivity index (χ1n) is 3.31. The van der Waals surface area contributed by atoms with E-state index in [1.165, 1.54) is 0 Å². The first-order chi connectivity index (χ1) is 5.16. The second kappa shape index (κ2) is 2.31. The maximum absolute atomic E-state index is 12.7. The average molecular weight is 190 g/mol. The Kier molecular flexibility index (Phi) is 1.86. The molecule has 0 saturated carbocycles. The first kappa shape index (κ1) is 9.70. The molecule has 1 unspecified atom stereocenters. The minimum absolute atomic E-state index is 0.306. The molecule has 1 heterocycles. The highest BCUT2D eigenvalue weighted by Gasteiger charge is 2.61. The molecule has 1 rings (SSSR count). The summed E-state index contributed by atoms with van der Waals surface area (Å²) in [5.41, 5.74) is 0. The van der Waals surface area contributed by atoms with Gasteiger partial charge in [0.15, 0.2) is 0 Å². The summed E-state index contributed by atoms with van der Waals surface area (Å²) in [6.07, 6.45) is -6.14. The van der Waals surface area contributed by atoms with E-state index < -0.39 is 30.7 Å². The van der Waals surface area contributed by atoms with Crippen molar-refractivity contribution in [3.05, 3.63) is 0 Å². The molecule has 0 aromatic rings. The summed E-state index contributed by atoms with van der Waals surface area (Å²) < 4.78 is 65.5. The van der Waals surface area contributed by atoms with Crippen LogP contribution in [-0.2, 0) is 4.74 Å². The van der Waals surface area contributed by atoms with Gasteiger partial charge in [-0.1, -0.05) is 0 Å². The molecule has 1 atom stereocenters. The molecule has 12 heavy (non-hydrogen) atoms. The molecule has 6 heteroatoms. The predicted octanol–water partition coefficient (Wildman–Crippen LogP) is 2.71. The van der Waals surface area contributed by atoms with E-state index in [1.807, 2.05) is 0 Å². The smallest absolute Gasteiger partial charge is 0.277 e. The minimum atomic E-state index is -3.84. The Balaban J connectivity index is 2.82. The molecular formula is C6H7F5O. The van der Waals surface area contributed by atoms with Crippen LogP contribution in [0, 0.1) is 0 Å². The standard InChI is InChI=1S/C6H7F5O/c1-4(7)5(8,9)2-3-6(10,11)12-4/h2-3H2,1H3. The molecule has 0 spiro atoms. The highest BCUT2D eigenvalue weighted by atomic mass is 19.3. The Labute approximate surface area is 65.5 Å². The van der Waals surface area contributed by atoms with Gasteiger partial charge < -0.3 is 0 Å². The summed E-state index contributed by atoms with van der Waals surface area (Å²) in [6.45, 7) is 0.306. The number of ether oxygens (including phenoxy) is 1. The van der Waals surface area contributed by atoms with Crippen molar-refractivity contribution in [1.82, 2.24) is 0 Å². The van der Waals surface area contributed by atoms with Gasteiger partial charge >= 0.3 is 12.0 Å². The number of hydrogen-bond acceptors (Lipinski definition) is 1. The highest BCUT2D eigenvalue weighted by molar-refractivity contribution is 4.88. The van der Waals surface area contributed by atoms with E-state index in [2.05, 4.69) is 4.74 Å². The van der Waals surface area contributed by atoms with Crippen molar-refractivity contribution < 1.29 is 26.7 Å². The first-order valence-corrected chi connectivity index (χ1v) is 3.31. The van der Waals surface area contributed by atoms with Gasteiger partial charge in [-0.25, -0.2) is 13.2 Å². The van der Waals surface area contributed by atoms with Crippen LogP contribution in [0.2, 0.25) is 0 Å². The van der Waals surface area contributed by atoms with Crippen molar-refractivity contribution in [2.24, 2.45) is 0 Å². The second-order valence-corrected chi connectivity index (χ2v) is 2.86. The van der Waals surface area contributed by atoms with Crippen LogP contribution < -0.4 is 0 Å². The van der Waals surface area contributed by atoms with E-state index in [1.54, 1.807) is 0 Å². The molecule has 0 aromatic carbocycles. The van der Waals surface area contributed by atoms with E-state index in [9.17, 15) is 22.0 Å². The topological polar surface area (TPSA) is 9.23 Å². The van der Waals surface area contributed by atoms with E-state index in [4.69, 9.17) is 0 Å². The van der Waals surface area contributed by atoms with Gasteiger partial charge in [0.05, 0.1) is 0 Å². The van der Waals surface area contributed by atoms with Gasteiger partial charge in [-0.3, -0.25) is 4.74 Å². The van der Waals surface area contributed by atoms with Crippen molar-refractivity contribution in [2.75, 3.05) is 0 Å². The normalized spacial score (nSPS) is 39.5. The van der Waals surface area contributed by atoms with E-state index in [0.29, 0.717) is 6.92 Å². The molecule has 0 bridgehead atoms. The number of halogens is 5. The van der Waals surface area contributed by atoms with Crippen LogP contribution in [0.15, 0.2) is 0 Å². The zero-order valence-electron chi connectivity index (χ0n) is 6.21. The Bertz CT molecular complexity index is 188. The lowest BCUT2D eigenvalue weighted by atomic mass is 10.0. The third-order valence-corrected chi connectivity index (χ3v) is 1.72. The molecule has 1 nitrogen and oxygen atoms in total. The molecule has 0 amide bonds. The zero-order valence-corrected chi connectivity index (χ0v) is 6.21. The average Bonchev–Trinajstić information content (AvgIpc) is 1.79. The largest absolute Gasteiger partial charge is 0.358 e. The van der Waals surface area contributed by atoms with Crippen LogP contribution in [0.25, 0.3) is 0 Å². The maximum Gasteiger partial charge on any atom is 0.358 e. The molecule has 1 aliphatic rings. The Morgan fingerprint density at radius 2 is 1.50 bits per heavy atom. The fourth-order valence-corrected chi connectivity index (χ4v) is 0.932. The van der Waals surface area contributed by atoms with Crippen LogP contribution in [0.1, 0.15) is 19.8 Å². The van der Waals surface area contributed by atoms with Gasteiger partial charge in [-0.05, 0) is 0 Å². The second-order valence-electron chi connectivity index (χ2n) is 2.86. The molecule has 1 fully saturated rings. The molecule has 0 N–H and O–H groups in total. The Morgan fingerprint density at radius 1 is 1.00 bits per heavy atom. The monoisotopic (exact) mass is 190 g/mol. The Hall–Kier alpha value is -0.390. The lowest BCUT2D eigenvalue weighted by Gasteiger charge is -2.38. The van der Waals surface area contributed by atoms with Crippen molar-refractivity contribution in [3.8, 4) is 0 Å². The van der Waals surface area contributed by atoms with Gasteiger partial charge in [0, 0.05) is 19.8 Å². The van der Waals surface area contributed by atoms with Gasteiger partial charge in [0.1, 0.15) is 0 Å². The van der Waals surface area contributed by atoms with Gasteiger partial charge in [0.2, 0.25) is 0 Å². The van der Waals surface area contributed by atoms with Crippen LogP contribution >= 0.6 is 0 Å². The van der Waals surface area contributed by atoms with E-state index >= 15 is 0 Å². The lowest BCUT2D eigenvalue weighted by molar-refractivity contribution is -0.408. The van der Waals surface area contributed by atoms with Gasteiger partial charge in [-0.15, -0.1) is 0 Å². The third-order valence-electron chi connectivity index (χ3n) is 1.72. The summed E-state index contributed by atoms with van der Waals surface area (Å²) in [5.74, 6) is -7.41. The molecule has 0 aromatic heterocycles. The van der Waals surface area contributed by atoms with Crippen LogP contribution in [0.4, 0.5) is 22.0 Å². The fourth-order valence-electron chi connectivity index (χ4n) is 0.932. The predicted molar refractivity (Wildman–Crippen MR) is 29.7 cm³/mol. The SMILES string of the molecule is CC1(F)OC(F)(F)CCC1(F)F. The molecule has 72 valence electrons. The third kappa shape index (κ3) is 1.53. The quantitative estimate of drug-likeness (QED) is 0.533. The minimum Gasteiger partial charge on any atom is -0.277 e. The maximum atomic E-state index is 12.7. The molecule has 1 aliphatic heterocycles. The molecule has 0 aliphatic carbocycles. The number of alkyl halides is 5. The molecular weight excluding hydrogens is 183 g/mol. The van der Waals surface area contributed by atoms with Crippen LogP contribution in [-0.4, -0.2) is 17.9 Å². The molecule has 0 radical (unpaired) electrons. The van der Waals surface area contributed by atoms with Crippen molar-refractivity contribution in [2.45, 2.75) is 37.7 Å². The Morgan fingerprint density at radius 3 is 1.83 bits per heavy atom. The number of hydrogen-bond donors (Lipinski definition) is 0. The van der Waals surface area contributed by atoms with Crippen LogP contribution in [0.5, 0.6) is 0 Å². The highest BCUT2D eigenvalue weighted by Crippen LogP contribution is 2.47. The summed E-state index contributed by atoms with van der Waals surface area (Å²) >= 11 is 0. The lowest BCUT2D eigenvalue weighted by Crippen LogP contribution is -2.53. The van der Waals surface area contributed by atoms with Crippen molar-refractivity contribution >= 4 is 0 Å². The van der Waals surface area contributed by atoms with E-state index in [0.717, 1.165) is 0 Å². The summed E-state index contributed by atoms with van der Waals surface area (Å²) in [7, 11) is 0. The summed E-state index contributed by atoms with van der Waals surface area (Å²) in [5, 5.41) is 0. The summed E-state index contributed by atoms with van der Waals surface area (Å²) in [4.78, 5) is 0. The van der Waals surface area contributed by atoms with Gasteiger partial charge in [-0.2, -0.15) is 8.78 Å². The zero-order chi connectivity index (χ0) is 9.62. The van der Waals surface area contributed by atoms with Crippen molar-refractivity contribution in [3.63, 3.8) is 0 Å². The summed E-state index contributed by atoms with van der Waals surface area (Å²) in [6, 6.07) is 0. The number of rotatable bonds is 0. The van der Waals surface area contributed by atoms with Crippen LogP contribution in [0.3, 0.4) is 0 Å². The van der Waals surface area contributed by atoms with Gasteiger partial charge in [0.25, 0.3) is 5.85 Å². The molecule has 1 saturated heterocycles. The fraction of sp³-hybridized carbons (Fsp3) is 1.00.